The Kier molecular flexibility index (Phi) is 4.74. The predicted molar refractivity (Wildman–Crippen MR) is 124 cm³/mol. The third-order valence-corrected chi connectivity index (χ3v) is 5.98. The highest BCUT2D eigenvalue weighted by molar-refractivity contribution is 5.99. The molecule has 4 aromatic rings. The number of aryl methyl sites for hydroxylation is 2. The monoisotopic (exact) mass is 411 g/mol. The van der Waals surface area contributed by atoms with Gasteiger partial charge in [0, 0.05) is 41.6 Å². The SMILES string of the molecule is COC(=O)c1cc(C2CC2)cnc1Nc1ccc2c(c1)c(-c1ccc(C)cc1)cn2C. The first-order chi connectivity index (χ1) is 15.0. The second kappa shape index (κ2) is 7.58. The van der Waals surface area contributed by atoms with Gasteiger partial charge in [-0.2, -0.15) is 0 Å². The Morgan fingerprint density at radius 3 is 2.61 bits per heavy atom. The Bertz CT molecular complexity index is 1280. The van der Waals surface area contributed by atoms with E-state index in [0.29, 0.717) is 17.3 Å². The third kappa shape index (κ3) is 3.67. The molecule has 1 fully saturated rings. The zero-order chi connectivity index (χ0) is 21.5. The van der Waals surface area contributed by atoms with Crippen LogP contribution >= 0.6 is 0 Å². The molecule has 2 heterocycles. The number of rotatable bonds is 5. The quantitative estimate of drug-likeness (QED) is 0.412. The van der Waals surface area contributed by atoms with Crippen molar-refractivity contribution in [1.29, 1.82) is 0 Å². The average molecular weight is 412 g/mol. The van der Waals surface area contributed by atoms with Crippen LogP contribution in [0.15, 0.2) is 60.9 Å². The topological polar surface area (TPSA) is 56.1 Å². The molecule has 1 N–H and O–H groups in total. The Hall–Kier alpha value is -3.60. The van der Waals surface area contributed by atoms with Crippen molar-refractivity contribution < 1.29 is 9.53 Å². The lowest BCUT2D eigenvalue weighted by Gasteiger charge is -2.12. The largest absolute Gasteiger partial charge is 0.465 e. The molecule has 0 atom stereocenters. The summed E-state index contributed by atoms with van der Waals surface area (Å²) in [4.78, 5) is 17.0. The number of methoxy groups -OCH3 is 1. The van der Waals surface area contributed by atoms with Gasteiger partial charge in [-0.3, -0.25) is 0 Å². The highest BCUT2D eigenvalue weighted by Crippen LogP contribution is 2.41. The fourth-order valence-electron chi connectivity index (χ4n) is 4.06. The fraction of sp³-hybridized carbons (Fsp3) is 0.231. The summed E-state index contributed by atoms with van der Waals surface area (Å²) in [7, 11) is 3.46. The molecule has 2 aromatic carbocycles. The lowest BCUT2D eigenvalue weighted by Crippen LogP contribution is -2.08. The molecule has 2 aromatic heterocycles. The second-order valence-corrected chi connectivity index (χ2v) is 8.31. The van der Waals surface area contributed by atoms with Gasteiger partial charge in [0.25, 0.3) is 0 Å². The Morgan fingerprint density at radius 2 is 1.90 bits per heavy atom. The van der Waals surface area contributed by atoms with Crippen molar-refractivity contribution in [2.75, 3.05) is 12.4 Å². The lowest BCUT2D eigenvalue weighted by molar-refractivity contribution is 0.0601. The van der Waals surface area contributed by atoms with E-state index in [1.54, 1.807) is 0 Å². The van der Waals surface area contributed by atoms with Crippen LogP contribution in [0.4, 0.5) is 11.5 Å². The van der Waals surface area contributed by atoms with E-state index in [4.69, 9.17) is 4.74 Å². The molecular weight excluding hydrogens is 386 g/mol. The van der Waals surface area contributed by atoms with E-state index in [2.05, 4.69) is 71.4 Å². The molecular formula is C26H25N3O2. The van der Waals surface area contributed by atoms with Crippen LogP contribution in [-0.2, 0) is 11.8 Å². The van der Waals surface area contributed by atoms with E-state index >= 15 is 0 Å². The van der Waals surface area contributed by atoms with E-state index in [-0.39, 0.29) is 5.97 Å². The average Bonchev–Trinajstić information content (AvgIpc) is 3.58. The number of nitrogens with one attached hydrogen (secondary N) is 1. The summed E-state index contributed by atoms with van der Waals surface area (Å²) in [5, 5.41) is 4.49. The van der Waals surface area contributed by atoms with Crippen LogP contribution in [0.1, 0.15) is 40.2 Å². The number of hydrogen-bond donors (Lipinski definition) is 1. The van der Waals surface area contributed by atoms with Crippen LogP contribution in [0.3, 0.4) is 0 Å². The number of hydrogen-bond acceptors (Lipinski definition) is 4. The number of fused-ring (bicyclic) bond motifs is 1. The van der Waals surface area contributed by atoms with Gasteiger partial charge in [0.15, 0.2) is 0 Å². The number of benzene rings is 2. The fourth-order valence-corrected chi connectivity index (χ4v) is 4.06. The van der Waals surface area contributed by atoms with E-state index in [0.717, 1.165) is 35.0 Å². The third-order valence-electron chi connectivity index (χ3n) is 5.98. The molecule has 1 aliphatic rings. The zero-order valence-corrected chi connectivity index (χ0v) is 18.0. The van der Waals surface area contributed by atoms with E-state index < -0.39 is 0 Å². The van der Waals surface area contributed by atoms with Gasteiger partial charge in [0.05, 0.1) is 7.11 Å². The minimum atomic E-state index is -0.376. The first-order valence-corrected chi connectivity index (χ1v) is 10.5. The maximum absolute atomic E-state index is 12.4. The summed E-state index contributed by atoms with van der Waals surface area (Å²) in [6.07, 6.45) is 6.33. The predicted octanol–water partition coefficient (Wildman–Crippen LogP) is 5.96. The van der Waals surface area contributed by atoms with Gasteiger partial charge >= 0.3 is 5.97 Å². The molecule has 0 amide bonds. The van der Waals surface area contributed by atoms with Crippen molar-refractivity contribution in [1.82, 2.24) is 9.55 Å². The van der Waals surface area contributed by atoms with Crippen LogP contribution in [0.2, 0.25) is 0 Å². The second-order valence-electron chi connectivity index (χ2n) is 8.31. The van der Waals surface area contributed by atoms with Crippen LogP contribution < -0.4 is 5.32 Å². The summed E-state index contributed by atoms with van der Waals surface area (Å²) < 4.78 is 7.14. The van der Waals surface area contributed by atoms with Gasteiger partial charge in [0.1, 0.15) is 11.4 Å². The summed E-state index contributed by atoms with van der Waals surface area (Å²) in [6.45, 7) is 2.09. The zero-order valence-electron chi connectivity index (χ0n) is 18.0. The highest BCUT2D eigenvalue weighted by Gasteiger charge is 2.26. The van der Waals surface area contributed by atoms with Gasteiger partial charge in [-0.25, -0.2) is 9.78 Å². The molecule has 5 nitrogen and oxygen atoms in total. The van der Waals surface area contributed by atoms with Crippen LogP contribution in [0, 0.1) is 6.92 Å². The number of anilines is 2. The number of carbonyl (C=O) groups excluding carboxylic acids is 1. The van der Waals surface area contributed by atoms with E-state index in [9.17, 15) is 4.79 Å². The molecule has 5 heteroatoms. The summed E-state index contributed by atoms with van der Waals surface area (Å²) >= 11 is 0. The first-order valence-electron chi connectivity index (χ1n) is 10.5. The van der Waals surface area contributed by atoms with Crippen molar-refractivity contribution >= 4 is 28.4 Å². The molecule has 0 bridgehead atoms. The Balaban J connectivity index is 1.55. The van der Waals surface area contributed by atoms with E-state index in [1.807, 2.05) is 18.3 Å². The highest BCUT2D eigenvalue weighted by atomic mass is 16.5. The number of aromatic nitrogens is 2. The van der Waals surface area contributed by atoms with Crippen LogP contribution in [0.5, 0.6) is 0 Å². The summed E-state index contributed by atoms with van der Waals surface area (Å²) in [5.74, 6) is 0.657. The maximum Gasteiger partial charge on any atom is 0.341 e. The molecule has 0 unspecified atom stereocenters. The molecule has 156 valence electrons. The summed E-state index contributed by atoms with van der Waals surface area (Å²) in [6, 6.07) is 16.7. The molecule has 0 aliphatic heterocycles. The van der Waals surface area contributed by atoms with Gasteiger partial charge < -0.3 is 14.6 Å². The Labute approximate surface area is 181 Å². The lowest BCUT2D eigenvalue weighted by atomic mass is 10.0. The number of carbonyl (C=O) groups is 1. The minimum absolute atomic E-state index is 0.376. The van der Waals surface area contributed by atoms with Gasteiger partial charge in [-0.1, -0.05) is 29.8 Å². The maximum atomic E-state index is 12.4. The molecule has 0 spiro atoms. The van der Waals surface area contributed by atoms with Crippen molar-refractivity contribution in [3.63, 3.8) is 0 Å². The normalized spacial score (nSPS) is 13.4. The van der Waals surface area contributed by atoms with Gasteiger partial charge in [-0.15, -0.1) is 0 Å². The summed E-state index contributed by atoms with van der Waals surface area (Å²) in [5.41, 5.74) is 7.18. The Morgan fingerprint density at radius 1 is 1.13 bits per heavy atom. The van der Waals surface area contributed by atoms with Crippen molar-refractivity contribution in [2.24, 2.45) is 7.05 Å². The van der Waals surface area contributed by atoms with Gasteiger partial charge in [-0.05, 0) is 61.1 Å². The minimum Gasteiger partial charge on any atom is -0.465 e. The van der Waals surface area contributed by atoms with E-state index in [1.165, 1.54) is 23.8 Å². The van der Waals surface area contributed by atoms with Gasteiger partial charge in [0.2, 0.25) is 0 Å². The molecule has 1 aliphatic carbocycles. The molecule has 0 saturated heterocycles. The first kappa shape index (κ1) is 19.4. The molecule has 0 radical (unpaired) electrons. The molecule has 31 heavy (non-hydrogen) atoms. The van der Waals surface area contributed by atoms with Crippen LogP contribution in [-0.4, -0.2) is 22.6 Å². The van der Waals surface area contributed by atoms with Crippen molar-refractivity contribution in [3.8, 4) is 11.1 Å². The number of ether oxygens (including phenoxy) is 1. The van der Waals surface area contributed by atoms with Crippen molar-refractivity contribution in [3.05, 3.63) is 77.6 Å². The smallest absolute Gasteiger partial charge is 0.341 e. The molecule has 1 saturated carbocycles. The van der Waals surface area contributed by atoms with Crippen LogP contribution in [0.25, 0.3) is 22.0 Å². The number of esters is 1. The molecule has 5 rings (SSSR count). The number of nitrogens with zero attached hydrogens (tertiary/aromatic N) is 2. The standard InChI is InChI=1S/C26H25N3O2/c1-16-4-6-18(7-5-16)23-15-29(2)24-11-10-20(13-21(23)24)28-25-22(26(30)31-3)12-19(14-27-25)17-8-9-17/h4-7,10-15,17H,8-9H2,1-3H3,(H,27,28). The number of pyridine rings is 1. The van der Waals surface area contributed by atoms with Crippen molar-refractivity contribution in [2.45, 2.75) is 25.7 Å².